The largest absolute Gasteiger partial charge is 0.338 e. The van der Waals surface area contributed by atoms with E-state index in [0.29, 0.717) is 0 Å². The lowest BCUT2D eigenvalue weighted by molar-refractivity contribution is 0.258. The van der Waals surface area contributed by atoms with Crippen LogP contribution in [0.3, 0.4) is 0 Å². The topological polar surface area (TPSA) is 51.0 Å². The Balaban J connectivity index is 2.12. The first kappa shape index (κ1) is 11.6. The summed E-state index contributed by atoms with van der Waals surface area (Å²) < 4.78 is 5.36. The second-order valence-corrected chi connectivity index (χ2v) is 5.84. The fraction of sp³-hybridized carbons (Fsp3) is 0.833. The molecule has 4 nitrogen and oxygen atoms in total. The van der Waals surface area contributed by atoms with Crippen LogP contribution < -0.4 is 5.32 Å². The third-order valence-electron chi connectivity index (χ3n) is 3.08. The molecule has 2 rings (SSSR count). The van der Waals surface area contributed by atoms with E-state index in [1.807, 2.05) is 0 Å². The van der Waals surface area contributed by atoms with Crippen LogP contribution in [0.2, 0.25) is 0 Å². The zero-order chi connectivity index (χ0) is 11.8. The lowest BCUT2D eigenvalue weighted by Gasteiger charge is -2.25. The highest BCUT2D eigenvalue weighted by Gasteiger charge is 2.27. The standard InChI is InChI=1S/C12H21N3O/c1-8-5-6-13-9(7-8)10-14-11(15-16-10)12(2,3)4/h8-9,13H,5-7H2,1-4H3. The van der Waals surface area contributed by atoms with Gasteiger partial charge in [0.1, 0.15) is 0 Å². The molecule has 90 valence electrons. The van der Waals surface area contributed by atoms with Gasteiger partial charge in [-0.1, -0.05) is 32.9 Å². The Kier molecular flexibility index (Phi) is 3.02. The fourth-order valence-electron chi connectivity index (χ4n) is 1.98. The zero-order valence-electron chi connectivity index (χ0n) is 10.6. The summed E-state index contributed by atoms with van der Waals surface area (Å²) in [6.07, 6.45) is 2.32. The van der Waals surface area contributed by atoms with E-state index in [9.17, 15) is 0 Å². The first-order valence-corrected chi connectivity index (χ1v) is 6.04. The Labute approximate surface area is 96.8 Å². The molecule has 2 atom stereocenters. The van der Waals surface area contributed by atoms with Gasteiger partial charge in [0.2, 0.25) is 5.89 Å². The number of rotatable bonds is 1. The van der Waals surface area contributed by atoms with Crippen molar-refractivity contribution in [2.75, 3.05) is 6.54 Å². The van der Waals surface area contributed by atoms with Gasteiger partial charge in [-0.25, -0.2) is 0 Å². The summed E-state index contributed by atoms with van der Waals surface area (Å²) in [5.41, 5.74) is -0.0396. The molecular formula is C12H21N3O. The molecule has 0 spiro atoms. The third kappa shape index (κ3) is 2.43. The molecule has 0 bridgehead atoms. The summed E-state index contributed by atoms with van der Waals surface area (Å²) in [5.74, 6) is 2.27. The van der Waals surface area contributed by atoms with E-state index >= 15 is 0 Å². The molecule has 2 unspecified atom stereocenters. The van der Waals surface area contributed by atoms with Crippen LogP contribution in [0.4, 0.5) is 0 Å². The average molecular weight is 223 g/mol. The lowest BCUT2D eigenvalue weighted by Crippen LogP contribution is -2.31. The van der Waals surface area contributed by atoms with Crippen LogP contribution >= 0.6 is 0 Å². The van der Waals surface area contributed by atoms with Gasteiger partial charge < -0.3 is 9.84 Å². The average Bonchev–Trinajstić information content (AvgIpc) is 2.65. The van der Waals surface area contributed by atoms with E-state index in [1.54, 1.807) is 0 Å². The van der Waals surface area contributed by atoms with Crippen LogP contribution in [0.5, 0.6) is 0 Å². The zero-order valence-corrected chi connectivity index (χ0v) is 10.6. The summed E-state index contributed by atoms with van der Waals surface area (Å²) in [5, 5.41) is 7.50. The molecular weight excluding hydrogens is 202 g/mol. The minimum atomic E-state index is -0.0396. The van der Waals surface area contributed by atoms with E-state index in [-0.39, 0.29) is 11.5 Å². The minimum Gasteiger partial charge on any atom is -0.338 e. The number of aromatic nitrogens is 2. The third-order valence-corrected chi connectivity index (χ3v) is 3.08. The second kappa shape index (κ2) is 4.17. The Morgan fingerprint density at radius 2 is 2.12 bits per heavy atom. The highest BCUT2D eigenvalue weighted by molar-refractivity contribution is 5.02. The molecule has 1 aliphatic rings. The molecule has 1 aliphatic heterocycles. The van der Waals surface area contributed by atoms with Crippen LogP contribution in [-0.4, -0.2) is 16.7 Å². The van der Waals surface area contributed by atoms with Crippen molar-refractivity contribution in [2.24, 2.45) is 5.92 Å². The number of piperidine rings is 1. The quantitative estimate of drug-likeness (QED) is 0.794. The van der Waals surface area contributed by atoms with Crippen LogP contribution in [0, 0.1) is 5.92 Å². The number of nitrogens with one attached hydrogen (secondary N) is 1. The molecule has 0 aromatic carbocycles. The highest BCUT2D eigenvalue weighted by atomic mass is 16.5. The van der Waals surface area contributed by atoms with Crippen molar-refractivity contribution in [3.05, 3.63) is 11.7 Å². The van der Waals surface area contributed by atoms with E-state index in [2.05, 4.69) is 43.2 Å². The summed E-state index contributed by atoms with van der Waals surface area (Å²) in [4.78, 5) is 4.50. The van der Waals surface area contributed by atoms with Gasteiger partial charge in [0, 0.05) is 5.41 Å². The molecule has 1 N–H and O–H groups in total. The second-order valence-electron chi connectivity index (χ2n) is 5.84. The summed E-state index contributed by atoms with van der Waals surface area (Å²) in [6, 6.07) is 0.243. The monoisotopic (exact) mass is 223 g/mol. The fourth-order valence-corrected chi connectivity index (χ4v) is 1.98. The van der Waals surface area contributed by atoms with Gasteiger partial charge in [-0.15, -0.1) is 0 Å². The predicted molar refractivity (Wildman–Crippen MR) is 62.1 cm³/mol. The molecule has 0 radical (unpaired) electrons. The van der Waals surface area contributed by atoms with Crippen molar-refractivity contribution in [2.45, 2.75) is 52.0 Å². The molecule has 2 heterocycles. The maximum Gasteiger partial charge on any atom is 0.243 e. The Hall–Kier alpha value is -0.900. The van der Waals surface area contributed by atoms with Gasteiger partial charge >= 0.3 is 0 Å². The lowest BCUT2D eigenvalue weighted by atomic mass is 9.94. The van der Waals surface area contributed by atoms with Crippen LogP contribution in [0.15, 0.2) is 4.52 Å². The molecule has 0 amide bonds. The Morgan fingerprint density at radius 3 is 2.69 bits per heavy atom. The summed E-state index contributed by atoms with van der Waals surface area (Å²) >= 11 is 0. The molecule has 1 saturated heterocycles. The minimum absolute atomic E-state index is 0.0396. The van der Waals surface area contributed by atoms with Crippen molar-refractivity contribution < 1.29 is 4.52 Å². The van der Waals surface area contributed by atoms with E-state index in [4.69, 9.17) is 4.52 Å². The van der Waals surface area contributed by atoms with Gasteiger partial charge in [0.05, 0.1) is 6.04 Å². The summed E-state index contributed by atoms with van der Waals surface area (Å²) in [7, 11) is 0. The first-order valence-electron chi connectivity index (χ1n) is 6.04. The van der Waals surface area contributed by atoms with Gasteiger partial charge in [0.25, 0.3) is 0 Å². The van der Waals surface area contributed by atoms with Gasteiger partial charge in [-0.2, -0.15) is 4.98 Å². The first-order chi connectivity index (χ1) is 7.47. The van der Waals surface area contributed by atoms with E-state index < -0.39 is 0 Å². The maximum absolute atomic E-state index is 5.36. The van der Waals surface area contributed by atoms with Crippen LogP contribution in [-0.2, 0) is 5.41 Å². The molecule has 1 fully saturated rings. The molecule has 1 aromatic rings. The van der Waals surface area contributed by atoms with Crippen LogP contribution in [0.1, 0.15) is 58.3 Å². The van der Waals surface area contributed by atoms with Crippen molar-refractivity contribution >= 4 is 0 Å². The van der Waals surface area contributed by atoms with Crippen molar-refractivity contribution in [3.63, 3.8) is 0 Å². The smallest absolute Gasteiger partial charge is 0.243 e. The van der Waals surface area contributed by atoms with Gasteiger partial charge in [-0.05, 0) is 25.3 Å². The summed E-state index contributed by atoms with van der Waals surface area (Å²) in [6.45, 7) is 9.60. The number of hydrogen-bond acceptors (Lipinski definition) is 4. The van der Waals surface area contributed by atoms with Crippen molar-refractivity contribution in [1.29, 1.82) is 0 Å². The molecule has 16 heavy (non-hydrogen) atoms. The molecule has 0 saturated carbocycles. The Bertz CT molecular complexity index is 353. The SMILES string of the molecule is CC1CCNC(c2nc(C(C)(C)C)no2)C1. The van der Waals surface area contributed by atoms with Crippen molar-refractivity contribution in [3.8, 4) is 0 Å². The van der Waals surface area contributed by atoms with E-state index in [0.717, 1.165) is 30.6 Å². The molecule has 1 aromatic heterocycles. The predicted octanol–water partition coefficient (Wildman–Crippen LogP) is 2.43. The Morgan fingerprint density at radius 1 is 1.38 bits per heavy atom. The van der Waals surface area contributed by atoms with Gasteiger partial charge in [-0.3, -0.25) is 0 Å². The molecule has 0 aliphatic carbocycles. The number of nitrogens with zero attached hydrogens (tertiary/aromatic N) is 2. The number of hydrogen-bond donors (Lipinski definition) is 1. The van der Waals surface area contributed by atoms with E-state index in [1.165, 1.54) is 6.42 Å². The van der Waals surface area contributed by atoms with Gasteiger partial charge in [0.15, 0.2) is 5.82 Å². The van der Waals surface area contributed by atoms with Crippen LogP contribution in [0.25, 0.3) is 0 Å². The normalized spacial score (nSPS) is 27.0. The molecule has 4 heteroatoms. The highest BCUT2D eigenvalue weighted by Crippen LogP contribution is 2.27. The van der Waals surface area contributed by atoms with Crippen molar-refractivity contribution in [1.82, 2.24) is 15.5 Å². The maximum atomic E-state index is 5.36.